The van der Waals surface area contributed by atoms with Gasteiger partial charge in [0.05, 0.1) is 6.10 Å². The fourth-order valence-corrected chi connectivity index (χ4v) is 2.83. The Morgan fingerprint density at radius 2 is 1.89 bits per heavy atom. The van der Waals surface area contributed by atoms with Crippen LogP contribution in [0.15, 0.2) is 24.3 Å². The van der Waals surface area contributed by atoms with Crippen LogP contribution in [0.3, 0.4) is 0 Å². The van der Waals surface area contributed by atoms with Crippen molar-refractivity contribution in [1.29, 1.82) is 0 Å². The SMILES string of the molecule is CN(CCC(O)c1ccc(Cl)cc1)C1CCCC1. The van der Waals surface area contributed by atoms with Crippen molar-refractivity contribution in [1.82, 2.24) is 4.90 Å². The Balaban J connectivity index is 1.80. The molecule has 1 saturated carbocycles. The third kappa shape index (κ3) is 3.71. The predicted molar refractivity (Wildman–Crippen MR) is 75.9 cm³/mol. The second-order valence-electron chi connectivity index (χ2n) is 5.27. The Bertz CT molecular complexity index is 359. The van der Waals surface area contributed by atoms with E-state index in [-0.39, 0.29) is 6.10 Å². The van der Waals surface area contributed by atoms with E-state index in [2.05, 4.69) is 11.9 Å². The number of benzene rings is 1. The van der Waals surface area contributed by atoms with Crippen LogP contribution in [0.4, 0.5) is 0 Å². The highest BCUT2D eigenvalue weighted by Crippen LogP contribution is 2.24. The zero-order chi connectivity index (χ0) is 13.0. The van der Waals surface area contributed by atoms with Crippen LogP contribution in [0, 0.1) is 0 Å². The van der Waals surface area contributed by atoms with E-state index >= 15 is 0 Å². The van der Waals surface area contributed by atoms with Crippen LogP contribution < -0.4 is 0 Å². The zero-order valence-corrected chi connectivity index (χ0v) is 11.7. The summed E-state index contributed by atoms with van der Waals surface area (Å²) in [5, 5.41) is 10.9. The maximum absolute atomic E-state index is 10.1. The van der Waals surface area contributed by atoms with Crippen LogP contribution in [0.2, 0.25) is 5.02 Å². The first-order valence-electron chi connectivity index (χ1n) is 6.80. The molecule has 0 heterocycles. The summed E-state index contributed by atoms with van der Waals surface area (Å²) in [7, 11) is 2.17. The molecule has 1 aliphatic carbocycles. The van der Waals surface area contributed by atoms with Crippen molar-refractivity contribution in [2.24, 2.45) is 0 Å². The van der Waals surface area contributed by atoms with Gasteiger partial charge in [0.25, 0.3) is 0 Å². The van der Waals surface area contributed by atoms with Gasteiger partial charge >= 0.3 is 0 Å². The van der Waals surface area contributed by atoms with Crippen molar-refractivity contribution in [3.8, 4) is 0 Å². The average molecular weight is 268 g/mol. The van der Waals surface area contributed by atoms with Gasteiger partial charge in [-0.2, -0.15) is 0 Å². The van der Waals surface area contributed by atoms with Crippen LogP contribution in [-0.2, 0) is 0 Å². The highest BCUT2D eigenvalue weighted by molar-refractivity contribution is 6.30. The first kappa shape index (κ1) is 13.9. The van der Waals surface area contributed by atoms with Crippen LogP contribution in [0.25, 0.3) is 0 Å². The quantitative estimate of drug-likeness (QED) is 0.881. The molecule has 1 atom stereocenters. The van der Waals surface area contributed by atoms with Crippen molar-refractivity contribution < 1.29 is 5.11 Å². The fourth-order valence-electron chi connectivity index (χ4n) is 2.71. The maximum atomic E-state index is 10.1. The van der Waals surface area contributed by atoms with E-state index in [9.17, 15) is 5.11 Å². The van der Waals surface area contributed by atoms with Crippen molar-refractivity contribution in [2.45, 2.75) is 44.2 Å². The van der Waals surface area contributed by atoms with Gasteiger partial charge in [0.2, 0.25) is 0 Å². The normalized spacial score (nSPS) is 18.4. The van der Waals surface area contributed by atoms with Gasteiger partial charge < -0.3 is 10.0 Å². The first-order chi connectivity index (χ1) is 8.66. The molecule has 1 aliphatic rings. The Hall–Kier alpha value is -0.570. The summed E-state index contributed by atoms with van der Waals surface area (Å²) in [5.41, 5.74) is 0.958. The molecule has 0 spiro atoms. The van der Waals surface area contributed by atoms with Gasteiger partial charge in [-0.25, -0.2) is 0 Å². The molecule has 1 aromatic rings. The third-order valence-corrected chi connectivity index (χ3v) is 4.21. The molecule has 0 saturated heterocycles. The number of nitrogens with zero attached hydrogens (tertiary/aromatic N) is 1. The molecule has 2 nitrogen and oxygen atoms in total. The lowest BCUT2D eigenvalue weighted by atomic mass is 10.1. The summed E-state index contributed by atoms with van der Waals surface area (Å²) in [6.07, 6.45) is 5.74. The van der Waals surface area contributed by atoms with E-state index in [1.807, 2.05) is 24.3 Å². The van der Waals surface area contributed by atoms with Crippen LogP contribution >= 0.6 is 11.6 Å². The second kappa shape index (κ2) is 6.55. The van der Waals surface area contributed by atoms with Gasteiger partial charge in [0, 0.05) is 17.6 Å². The highest BCUT2D eigenvalue weighted by atomic mass is 35.5. The van der Waals surface area contributed by atoms with E-state index < -0.39 is 0 Å². The van der Waals surface area contributed by atoms with Crippen molar-refractivity contribution >= 4 is 11.6 Å². The Labute approximate surface area is 115 Å². The number of halogens is 1. The molecule has 3 heteroatoms. The van der Waals surface area contributed by atoms with Gasteiger partial charge in [-0.3, -0.25) is 0 Å². The number of rotatable bonds is 5. The molecular formula is C15H22ClNO. The second-order valence-corrected chi connectivity index (χ2v) is 5.71. The summed E-state index contributed by atoms with van der Waals surface area (Å²) in [4.78, 5) is 2.39. The molecule has 18 heavy (non-hydrogen) atoms. The Morgan fingerprint density at radius 3 is 2.50 bits per heavy atom. The van der Waals surface area contributed by atoms with Crippen LogP contribution in [0.1, 0.15) is 43.8 Å². The number of aliphatic hydroxyl groups excluding tert-OH is 1. The van der Waals surface area contributed by atoms with Gasteiger partial charge in [-0.05, 0) is 44.0 Å². The molecular weight excluding hydrogens is 246 g/mol. The molecule has 1 fully saturated rings. The summed E-state index contributed by atoms with van der Waals surface area (Å²) < 4.78 is 0. The summed E-state index contributed by atoms with van der Waals surface area (Å²) in [5.74, 6) is 0. The van der Waals surface area contributed by atoms with Crippen LogP contribution in [0.5, 0.6) is 0 Å². The molecule has 0 aromatic heterocycles. The molecule has 0 amide bonds. The molecule has 0 aliphatic heterocycles. The predicted octanol–water partition coefficient (Wildman–Crippen LogP) is 3.64. The largest absolute Gasteiger partial charge is 0.388 e. The Kier molecular flexibility index (Phi) is 5.04. The monoisotopic (exact) mass is 267 g/mol. The highest BCUT2D eigenvalue weighted by Gasteiger charge is 2.20. The zero-order valence-electron chi connectivity index (χ0n) is 11.0. The van der Waals surface area contributed by atoms with Crippen molar-refractivity contribution in [3.05, 3.63) is 34.9 Å². The van der Waals surface area contributed by atoms with Gasteiger partial charge in [0.15, 0.2) is 0 Å². The fraction of sp³-hybridized carbons (Fsp3) is 0.600. The molecule has 1 unspecified atom stereocenters. The molecule has 1 N–H and O–H groups in total. The summed E-state index contributed by atoms with van der Waals surface area (Å²) in [6, 6.07) is 8.20. The van der Waals surface area contributed by atoms with E-state index in [1.54, 1.807) is 0 Å². The molecule has 100 valence electrons. The number of aliphatic hydroxyl groups is 1. The first-order valence-corrected chi connectivity index (χ1v) is 7.18. The van der Waals surface area contributed by atoms with E-state index in [4.69, 9.17) is 11.6 Å². The topological polar surface area (TPSA) is 23.5 Å². The molecule has 0 bridgehead atoms. The van der Waals surface area contributed by atoms with E-state index in [0.717, 1.165) is 24.6 Å². The van der Waals surface area contributed by atoms with E-state index in [1.165, 1.54) is 25.7 Å². The third-order valence-electron chi connectivity index (χ3n) is 3.96. The van der Waals surface area contributed by atoms with Gasteiger partial charge in [0.1, 0.15) is 0 Å². The molecule has 0 radical (unpaired) electrons. The minimum absolute atomic E-state index is 0.383. The van der Waals surface area contributed by atoms with Crippen molar-refractivity contribution in [3.63, 3.8) is 0 Å². The molecule has 2 rings (SSSR count). The smallest absolute Gasteiger partial charge is 0.0802 e. The standard InChI is InChI=1S/C15H22ClNO/c1-17(14-4-2-3-5-14)11-10-15(18)12-6-8-13(16)9-7-12/h6-9,14-15,18H,2-5,10-11H2,1H3. The lowest BCUT2D eigenvalue weighted by molar-refractivity contribution is 0.137. The molecule has 1 aromatic carbocycles. The minimum Gasteiger partial charge on any atom is -0.388 e. The van der Waals surface area contributed by atoms with E-state index in [0.29, 0.717) is 5.02 Å². The lowest BCUT2D eigenvalue weighted by Crippen LogP contribution is -2.30. The van der Waals surface area contributed by atoms with Crippen molar-refractivity contribution in [2.75, 3.05) is 13.6 Å². The maximum Gasteiger partial charge on any atom is 0.0802 e. The number of hydrogen-bond donors (Lipinski definition) is 1. The number of hydrogen-bond acceptors (Lipinski definition) is 2. The summed E-state index contributed by atoms with van der Waals surface area (Å²) in [6.45, 7) is 0.953. The minimum atomic E-state index is -0.383. The van der Waals surface area contributed by atoms with Crippen LogP contribution in [-0.4, -0.2) is 29.6 Å². The van der Waals surface area contributed by atoms with Gasteiger partial charge in [-0.15, -0.1) is 0 Å². The summed E-state index contributed by atoms with van der Waals surface area (Å²) >= 11 is 5.84. The lowest BCUT2D eigenvalue weighted by Gasteiger charge is -2.25. The average Bonchev–Trinajstić information content (AvgIpc) is 2.90. The van der Waals surface area contributed by atoms with Gasteiger partial charge in [-0.1, -0.05) is 36.6 Å². The Morgan fingerprint density at radius 1 is 1.28 bits per heavy atom.